The topological polar surface area (TPSA) is 72.6 Å². The predicted octanol–water partition coefficient (Wildman–Crippen LogP) is 4.06. The molecule has 0 amide bonds. The molecule has 0 saturated carbocycles. The van der Waals surface area contributed by atoms with Crippen LogP contribution in [0.15, 0.2) is 72.8 Å². The largest absolute Gasteiger partial charge is 0.423 e. The minimum atomic E-state index is -4.05. The van der Waals surface area contributed by atoms with Crippen LogP contribution in [0.5, 0.6) is 5.75 Å². The van der Waals surface area contributed by atoms with Crippen LogP contribution in [0.2, 0.25) is 0 Å². The Balaban J connectivity index is 1.95. The van der Waals surface area contributed by atoms with E-state index in [2.05, 4.69) is 0 Å². The Bertz CT molecular complexity index is 830. The highest BCUT2D eigenvalue weighted by molar-refractivity contribution is 7.53. The summed E-state index contributed by atoms with van der Waals surface area (Å²) in [6, 6.07) is 21.7. The van der Waals surface area contributed by atoms with Crippen molar-refractivity contribution in [3.63, 3.8) is 0 Å². The Labute approximate surface area is 128 Å². The quantitative estimate of drug-likeness (QED) is 0.712. The Hall–Kier alpha value is -2.13. The summed E-state index contributed by atoms with van der Waals surface area (Å²) >= 11 is 0. The highest BCUT2D eigenvalue weighted by atomic mass is 31.2. The zero-order valence-electron chi connectivity index (χ0n) is 11.8. The Morgan fingerprint density at radius 3 is 2.32 bits per heavy atom. The van der Waals surface area contributed by atoms with Crippen LogP contribution in [0.4, 0.5) is 0 Å². The summed E-state index contributed by atoms with van der Waals surface area (Å²) in [7, 11) is -4.05. The average molecular weight is 313 g/mol. The maximum Gasteiger partial charge on any atom is 0.397 e. The van der Waals surface area contributed by atoms with E-state index < -0.39 is 13.4 Å². The normalized spacial score (nSPS) is 15.2. The summed E-state index contributed by atoms with van der Waals surface area (Å²) in [5.41, 5.74) is 6.49. The van der Waals surface area contributed by atoms with Crippen molar-refractivity contribution in [2.24, 2.45) is 5.73 Å². The van der Waals surface area contributed by atoms with Crippen molar-refractivity contribution < 1.29 is 14.0 Å². The average Bonchev–Trinajstić information content (AvgIpc) is 2.55. The summed E-state index contributed by atoms with van der Waals surface area (Å²) in [5, 5.41) is 1.72. The van der Waals surface area contributed by atoms with E-state index in [0.29, 0.717) is 11.3 Å². The van der Waals surface area contributed by atoms with Crippen molar-refractivity contribution in [2.45, 2.75) is 5.78 Å². The number of nitrogens with two attached hydrogens (primary N) is 1. The summed E-state index contributed by atoms with van der Waals surface area (Å²) in [5.74, 6) is -0.733. The van der Waals surface area contributed by atoms with Crippen LogP contribution in [0.3, 0.4) is 0 Å². The molecule has 3 N–H and O–H groups in total. The minimum absolute atomic E-state index is 0.357. The van der Waals surface area contributed by atoms with Crippen LogP contribution < -0.4 is 10.3 Å². The fraction of sp³-hybridized carbons (Fsp3) is 0.0588. The van der Waals surface area contributed by atoms with Crippen molar-refractivity contribution in [2.75, 3.05) is 0 Å². The Morgan fingerprint density at radius 1 is 0.909 bits per heavy atom. The first kappa shape index (κ1) is 14.8. The predicted molar refractivity (Wildman–Crippen MR) is 87.8 cm³/mol. The molecular weight excluding hydrogens is 297 g/mol. The number of hydrogen-bond donors (Lipinski definition) is 2. The van der Waals surface area contributed by atoms with Crippen LogP contribution in [0.1, 0.15) is 11.3 Å². The van der Waals surface area contributed by atoms with E-state index in [9.17, 15) is 9.46 Å². The van der Waals surface area contributed by atoms with Crippen LogP contribution in [0.25, 0.3) is 10.8 Å². The number of hydrogen-bond acceptors (Lipinski definition) is 3. The number of benzene rings is 3. The molecule has 0 bridgehead atoms. The lowest BCUT2D eigenvalue weighted by Crippen LogP contribution is -2.14. The summed E-state index contributed by atoms with van der Waals surface area (Å²) in [4.78, 5) is 10.3. The van der Waals surface area contributed by atoms with E-state index >= 15 is 0 Å². The number of rotatable bonds is 4. The third-order valence-corrected chi connectivity index (χ3v) is 4.93. The van der Waals surface area contributed by atoms with Gasteiger partial charge in [0.05, 0.1) is 0 Å². The van der Waals surface area contributed by atoms with Gasteiger partial charge in [-0.3, -0.25) is 0 Å². The van der Waals surface area contributed by atoms with Gasteiger partial charge in [0.2, 0.25) is 0 Å². The molecule has 2 unspecified atom stereocenters. The van der Waals surface area contributed by atoms with Gasteiger partial charge in [0, 0.05) is 5.39 Å². The van der Waals surface area contributed by atoms with E-state index in [1.807, 2.05) is 36.4 Å². The highest BCUT2D eigenvalue weighted by Gasteiger charge is 2.32. The molecule has 22 heavy (non-hydrogen) atoms. The molecule has 2 atom stereocenters. The molecule has 0 aromatic heterocycles. The van der Waals surface area contributed by atoms with Crippen LogP contribution in [-0.2, 0) is 4.57 Å². The van der Waals surface area contributed by atoms with Crippen LogP contribution in [0, 0.1) is 0 Å². The molecule has 0 aliphatic rings. The molecule has 0 saturated heterocycles. The fourth-order valence-electron chi connectivity index (χ4n) is 2.31. The lowest BCUT2D eigenvalue weighted by Gasteiger charge is -2.20. The van der Waals surface area contributed by atoms with E-state index in [4.69, 9.17) is 10.3 Å². The first-order valence-corrected chi connectivity index (χ1v) is 8.53. The molecule has 3 aromatic carbocycles. The monoisotopic (exact) mass is 313 g/mol. The molecule has 0 heterocycles. The SMILES string of the molecule is NC(c1ccccc1)P(=O)(O)Oc1cccc2ccccc12. The summed E-state index contributed by atoms with van der Waals surface area (Å²) < 4.78 is 18.0. The molecule has 3 aromatic rings. The van der Waals surface area contributed by atoms with Gasteiger partial charge >= 0.3 is 7.60 Å². The van der Waals surface area contributed by atoms with Gasteiger partial charge in [0.25, 0.3) is 0 Å². The molecule has 0 aliphatic carbocycles. The molecule has 0 fully saturated rings. The Kier molecular flexibility index (Phi) is 3.99. The van der Waals surface area contributed by atoms with Crippen molar-refractivity contribution in [3.8, 4) is 5.75 Å². The standard InChI is InChI=1S/C17H16NO3P/c18-17(14-8-2-1-3-9-14)22(19,20)21-16-12-6-10-13-7-4-5-11-15(13)16/h1-12,17H,18H2,(H,19,20). The molecule has 112 valence electrons. The van der Waals surface area contributed by atoms with Gasteiger partial charge in [-0.25, -0.2) is 4.57 Å². The summed E-state index contributed by atoms with van der Waals surface area (Å²) in [6.07, 6.45) is 0. The lowest BCUT2D eigenvalue weighted by molar-refractivity contribution is 0.368. The fourth-order valence-corrected chi connectivity index (χ4v) is 3.42. The van der Waals surface area contributed by atoms with E-state index in [0.717, 1.165) is 10.8 Å². The van der Waals surface area contributed by atoms with Gasteiger partial charge in [-0.15, -0.1) is 0 Å². The van der Waals surface area contributed by atoms with Gasteiger partial charge < -0.3 is 15.2 Å². The third-order valence-electron chi connectivity index (χ3n) is 3.47. The van der Waals surface area contributed by atoms with Gasteiger partial charge in [-0.05, 0) is 17.0 Å². The molecule has 3 rings (SSSR count). The van der Waals surface area contributed by atoms with Gasteiger partial charge in [-0.2, -0.15) is 0 Å². The van der Waals surface area contributed by atoms with E-state index in [-0.39, 0.29) is 0 Å². The zero-order chi connectivity index (χ0) is 15.6. The summed E-state index contributed by atoms with van der Waals surface area (Å²) in [6.45, 7) is 0. The molecular formula is C17H16NO3P. The third kappa shape index (κ3) is 2.90. The van der Waals surface area contributed by atoms with Gasteiger partial charge in [-0.1, -0.05) is 66.7 Å². The first-order valence-electron chi connectivity index (χ1n) is 6.88. The first-order chi connectivity index (χ1) is 10.6. The second kappa shape index (κ2) is 5.93. The molecule has 0 spiro atoms. The lowest BCUT2D eigenvalue weighted by atomic mass is 10.1. The van der Waals surface area contributed by atoms with Gasteiger partial charge in [0.1, 0.15) is 11.5 Å². The van der Waals surface area contributed by atoms with E-state index in [1.54, 1.807) is 36.4 Å². The maximum absolute atomic E-state index is 12.5. The molecule has 0 radical (unpaired) electrons. The van der Waals surface area contributed by atoms with Gasteiger partial charge in [0.15, 0.2) is 0 Å². The second-order valence-electron chi connectivity index (χ2n) is 4.99. The molecule has 4 nitrogen and oxygen atoms in total. The maximum atomic E-state index is 12.5. The van der Waals surface area contributed by atoms with Crippen LogP contribution in [-0.4, -0.2) is 4.89 Å². The molecule has 5 heteroatoms. The van der Waals surface area contributed by atoms with Crippen molar-refractivity contribution in [1.29, 1.82) is 0 Å². The highest BCUT2D eigenvalue weighted by Crippen LogP contribution is 2.54. The van der Waals surface area contributed by atoms with Crippen molar-refractivity contribution >= 4 is 18.4 Å². The Morgan fingerprint density at radius 2 is 1.55 bits per heavy atom. The van der Waals surface area contributed by atoms with Crippen LogP contribution >= 0.6 is 7.60 Å². The zero-order valence-corrected chi connectivity index (χ0v) is 12.7. The minimum Gasteiger partial charge on any atom is -0.423 e. The smallest absolute Gasteiger partial charge is 0.397 e. The van der Waals surface area contributed by atoms with Crippen molar-refractivity contribution in [1.82, 2.24) is 0 Å². The van der Waals surface area contributed by atoms with Crippen molar-refractivity contribution in [3.05, 3.63) is 78.4 Å². The number of fused-ring (bicyclic) bond motifs is 1. The second-order valence-corrected chi connectivity index (χ2v) is 6.86. The molecule has 0 aliphatic heterocycles. The van der Waals surface area contributed by atoms with E-state index in [1.165, 1.54) is 0 Å².